The van der Waals surface area contributed by atoms with Crippen LogP contribution < -0.4 is 5.43 Å². The number of hydrogen-bond donors (Lipinski definition) is 1. The number of carbonyl (C=O) groups is 1. The van der Waals surface area contributed by atoms with Gasteiger partial charge in [-0.3, -0.25) is 4.79 Å². The van der Waals surface area contributed by atoms with Gasteiger partial charge in [-0.05, 0) is 87.2 Å². The van der Waals surface area contributed by atoms with Crippen LogP contribution in [0.5, 0.6) is 0 Å². The van der Waals surface area contributed by atoms with Gasteiger partial charge in [0.2, 0.25) is 10.0 Å². The number of nitrogens with one attached hydrogen (secondary N) is 1. The van der Waals surface area contributed by atoms with Crippen LogP contribution in [0.3, 0.4) is 0 Å². The van der Waals surface area contributed by atoms with Crippen molar-refractivity contribution < 1.29 is 13.2 Å². The summed E-state index contributed by atoms with van der Waals surface area (Å²) < 4.78 is 30.2. The van der Waals surface area contributed by atoms with Gasteiger partial charge in [0.1, 0.15) is 0 Å². The molecule has 0 fully saturated rings. The number of aromatic nitrogens is 1. The van der Waals surface area contributed by atoms with Crippen molar-refractivity contribution in [1.29, 1.82) is 0 Å². The third kappa shape index (κ3) is 6.88. The van der Waals surface area contributed by atoms with Gasteiger partial charge in [0.15, 0.2) is 0 Å². The number of amides is 1. The lowest BCUT2D eigenvalue weighted by Crippen LogP contribution is -2.40. The van der Waals surface area contributed by atoms with Crippen molar-refractivity contribution in [2.24, 2.45) is 5.10 Å². The molecule has 3 aromatic carbocycles. The zero-order valence-corrected chi connectivity index (χ0v) is 24.6. The molecule has 4 aromatic rings. The van der Waals surface area contributed by atoms with Crippen molar-refractivity contribution in [2.45, 2.75) is 39.0 Å². The van der Waals surface area contributed by atoms with E-state index in [0.29, 0.717) is 11.4 Å². The molecule has 0 saturated carbocycles. The summed E-state index contributed by atoms with van der Waals surface area (Å²) in [4.78, 5) is 13.0. The van der Waals surface area contributed by atoms with Crippen LogP contribution in [-0.2, 0) is 21.2 Å². The molecule has 0 spiro atoms. The summed E-state index contributed by atoms with van der Waals surface area (Å²) in [5, 5.41) is 4.58. The van der Waals surface area contributed by atoms with Crippen molar-refractivity contribution in [2.75, 3.05) is 13.1 Å². The molecule has 0 saturated heterocycles. The Kier molecular flexibility index (Phi) is 9.25. The number of carbonyl (C=O) groups excluding carboxylic acids is 1. The molecule has 4 rings (SSSR count). The number of rotatable bonds is 10. The van der Waals surface area contributed by atoms with Gasteiger partial charge in [-0.1, -0.05) is 54.1 Å². The molecule has 0 aliphatic carbocycles. The normalized spacial score (nSPS) is 11.8. The molecule has 0 bridgehead atoms. The summed E-state index contributed by atoms with van der Waals surface area (Å²) in [5.41, 5.74) is 9.77. The van der Waals surface area contributed by atoms with Crippen LogP contribution in [0.15, 0.2) is 88.9 Å². The molecule has 0 radical (unpaired) electrons. The van der Waals surface area contributed by atoms with Gasteiger partial charge in [-0.15, -0.1) is 0 Å². The maximum atomic E-state index is 13.4. The summed E-state index contributed by atoms with van der Waals surface area (Å²) in [6.07, 6.45) is 2.04. The highest BCUT2D eigenvalue weighted by molar-refractivity contribution is 7.89. The first kappa shape index (κ1) is 29.3. The van der Waals surface area contributed by atoms with Gasteiger partial charge in [0.25, 0.3) is 5.91 Å². The van der Waals surface area contributed by atoms with E-state index in [2.05, 4.69) is 47.1 Å². The third-order valence-electron chi connectivity index (χ3n) is 6.73. The fraction of sp³-hybridized carbons (Fsp3) is 0.226. The number of halogens is 1. The maximum Gasteiger partial charge on any atom is 0.255 e. The largest absolute Gasteiger partial charge is 0.318 e. The van der Waals surface area contributed by atoms with Crippen molar-refractivity contribution in [3.63, 3.8) is 0 Å². The van der Waals surface area contributed by atoms with Crippen molar-refractivity contribution in [3.05, 3.63) is 118 Å². The highest BCUT2D eigenvalue weighted by Crippen LogP contribution is 2.24. The SMILES string of the molecule is Cc1ccc(C)c(-n2c(C)cc(/C=N/NC(=O)CN(CCc3ccccc3)S(=O)(=O)c3ccc(Cl)cc3)c2C)c1. The zero-order valence-electron chi connectivity index (χ0n) is 23.1. The summed E-state index contributed by atoms with van der Waals surface area (Å²) in [7, 11) is -3.95. The molecule has 1 N–H and O–H groups in total. The van der Waals surface area contributed by atoms with Crippen molar-refractivity contribution in [1.82, 2.24) is 14.3 Å². The molecule has 9 heteroatoms. The quantitative estimate of drug-likeness (QED) is 0.193. The molecule has 40 heavy (non-hydrogen) atoms. The first-order valence-electron chi connectivity index (χ1n) is 12.9. The standard InChI is InChI=1S/C31H33ClN4O3S/c1-22-10-11-23(2)30(18-22)36-24(3)19-27(25(36)4)20-33-34-31(37)21-35(17-16-26-8-6-5-7-9-26)40(38,39)29-14-12-28(32)13-15-29/h5-15,18-20H,16-17,21H2,1-4H3,(H,34,37)/b33-20+. The summed E-state index contributed by atoms with van der Waals surface area (Å²) >= 11 is 5.96. The molecule has 7 nitrogen and oxygen atoms in total. The van der Waals surface area contributed by atoms with Gasteiger partial charge in [-0.25, -0.2) is 13.8 Å². The van der Waals surface area contributed by atoms with E-state index >= 15 is 0 Å². The molecule has 1 heterocycles. The summed E-state index contributed by atoms with van der Waals surface area (Å²) in [5.74, 6) is -0.537. The van der Waals surface area contributed by atoms with E-state index < -0.39 is 15.9 Å². The number of aryl methyl sites for hydroxylation is 3. The molecule has 0 aliphatic rings. The molecule has 1 aromatic heterocycles. The van der Waals surface area contributed by atoms with E-state index in [1.54, 1.807) is 6.21 Å². The fourth-order valence-electron chi connectivity index (χ4n) is 4.56. The van der Waals surface area contributed by atoms with Crippen LogP contribution in [0.25, 0.3) is 5.69 Å². The van der Waals surface area contributed by atoms with Crippen molar-refractivity contribution in [3.8, 4) is 5.69 Å². The number of hydrazone groups is 1. The second kappa shape index (κ2) is 12.6. The van der Waals surface area contributed by atoms with Crippen LogP contribution in [-0.4, -0.2) is 42.5 Å². The van der Waals surface area contributed by atoms with Crippen LogP contribution in [0.2, 0.25) is 5.02 Å². The van der Waals surface area contributed by atoms with E-state index in [1.807, 2.05) is 50.2 Å². The topological polar surface area (TPSA) is 83.8 Å². The van der Waals surface area contributed by atoms with Crippen LogP contribution >= 0.6 is 11.6 Å². The Morgan fingerprint density at radius 2 is 1.68 bits per heavy atom. The molecule has 0 aliphatic heterocycles. The highest BCUT2D eigenvalue weighted by atomic mass is 35.5. The lowest BCUT2D eigenvalue weighted by molar-refractivity contribution is -0.121. The zero-order chi connectivity index (χ0) is 28.9. The Hall–Kier alpha value is -3.72. The predicted molar refractivity (Wildman–Crippen MR) is 161 cm³/mol. The minimum atomic E-state index is -3.95. The Bertz CT molecular complexity index is 1630. The average molecular weight is 577 g/mol. The number of sulfonamides is 1. The third-order valence-corrected chi connectivity index (χ3v) is 8.84. The Labute approximate surface area is 241 Å². The van der Waals surface area contributed by atoms with E-state index in [0.717, 1.165) is 33.8 Å². The van der Waals surface area contributed by atoms with Gasteiger partial charge >= 0.3 is 0 Å². The van der Waals surface area contributed by atoms with Gasteiger partial charge < -0.3 is 4.57 Å². The lowest BCUT2D eigenvalue weighted by Gasteiger charge is -2.21. The van der Waals surface area contributed by atoms with Crippen LogP contribution in [0.1, 0.15) is 33.6 Å². The first-order valence-corrected chi connectivity index (χ1v) is 14.8. The maximum absolute atomic E-state index is 13.4. The van der Waals surface area contributed by atoms with Crippen LogP contribution in [0.4, 0.5) is 0 Å². The van der Waals surface area contributed by atoms with Crippen LogP contribution in [0, 0.1) is 27.7 Å². The minimum Gasteiger partial charge on any atom is -0.318 e. The molecular formula is C31H33ClN4O3S. The van der Waals surface area contributed by atoms with Crippen molar-refractivity contribution >= 4 is 33.7 Å². The smallest absolute Gasteiger partial charge is 0.255 e. The van der Waals surface area contributed by atoms with E-state index in [-0.39, 0.29) is 18.0 Å². The summed E-state index contributed by atoms with van der Waals surface area (Å²) in [6.45, 7) is 7.91. The van der Waals surface area contributed by atoms with E-state index in [9.17, 15) is 13.2 Å². The van der Waals surface area contributed by atoms with Gasteiger partial charge in [-0.2, -0.15) is 9.41 Å². The van der Waals surface area contributed by atoms with Gasteiger partial charge in [0, 0.05) is 34.2 Å². The number of hydrogen-bond acceptors (Lipinski definition) is 4. The number of benzene rings is 3. The van der Waals surface area contributed by atoms with Gasteiger partial charge in [0.05, 0.1) is 17.7 Å². The second-order valence-electron chi connectivity index (χ2n) is 9.77. The lowest BCUT2D eigenvalue weighted by atomic mass is 10.1. The first-order chi connectivity index (χ1) is 19.1. The Morgan fingerprint density at radius 1 is 0.975 bits per heavy atom. The molecule has 0 unspecified atom stereocenters. The Morgan fingerprint density at radius 3 is 2.38 bits per heavy atom. The predicted octanol–water partition coefficient (Wildman–Crippen LogP) is 5.75. The second-order valence-corrected chi connectivity index (χ2v) is 12.1. The highest BCUT2D eigenvalue weighted by Gasteiger charge is 2.26. The molecule has 208 valence electrons. The fourth-order valence-corrected chi connectivity index (χ4v) is 6.08. The molecular weight excluding hydrogens is 544 g/mol. The number of nitrogens with zero attached hydrogens (tertiary/aromatic N) is 3. The molecule has 0 atom stereocenters. The Balaban J connectivity index is 1.50. The molecule has 1 amide bonds. The monoisotopic (exact) mass is 576 g/mol. The average Bonchev–Trinajstić information content (AvgIpc) is 3.21. The van der Waals surface area contributed by atoms with E-state index in [4.69, 9.17) is 11.6 Å². The van der Waals surface area contributed by atoms with E-state index in [1.165, 1.54) is 34.1 Å². The minimum absolute atomic E-state index is 0.0696. The summed E-state index contributed by atoms with van der Waals surface area (Å²) in [6, 6.07) is 23.8.